The molecule has 0 spiro atoms. The van der Waals surface area contributed by atoms with Crippen LogP contribution in [0.3, 0.4) is 0 Å². The molecule has 0 bridgehead atoms. The number of tetrazole rings is 1. The van der Waals surface area contributed by atoms with Gasteiger partial charge >= 0.3 is 0 Å². The third-order valence-electron chi connectivity index (χ3n) is 4.24. The van der Waals surface area contributed by atoms with Gasteiger partial charge < -0.3 is 11.5 Å². The van der Waals surface area contributed by atoms with Crippen LogP contribution in [0.4, 0.5) is 11.4 Å². The Balaban J connectivity index is 1.74. The molecule has 1 heterocycles. The van der Waals surface area contributed by atoms with Crippen molar-refractivity contribution in [1.29, 1.82) is 0 Å². The van der Waals surface area contributed by atoms with E-state index in [0.717, 1.165) is 30.3 Å². The van der Waals surface area contributed by atoms with Crippen LogP contribution in [0.1, 0.15) is 38.5 Å². The maximum Gasteiger partial charge on any atom is 0.182 e. The van der Waals surface area contributed by atoms with Crippen LogP contribution < -0.4 is 11.5 Å². The van der Waals surface area contributed by atoms with Crippen molar-refractivity contribution < 1.29 is 0 Å². The van der Waals surface area contributed by atoms with Gasteiger partial charge in [0.2, 0.25) is 0 Å². The molecule has 1 aliphatic carbocycles. The Kier molecular flexibility index (Phi) is 4.03. The molecule has 6 heteroatoms. The van der Waals surface area contributed by atoms with Gasteiger partial charge in [0, 0.05) is 23.5 Å². The zero-order valence-corrected chi connectivity index (χ0v) is 12.2. The number of rotatable bonds is 4. The van der Waals surface area contributed by atoms with Gasteiger partial charge in [-0.2, -0.15) is 0 Å². The van der Waals surface area contributed by atoms with E-state index in [2.05, 4.69) is 15.5 Å². The van der Waals surface area contributed by atoms with Gasteiger partial charge in [-0.1, -0.05) is 32.1 Å². The minimum atomic E-state index is 0.631. The lowest BCUT2D eigenvalue weighted by atomic mass is 9.87. The van der Waals surface area contributed by atoms with E-state index in [1.54, 1.807) is 6.07 Å². The fraction of sp³-hybridized carbons (Fsp3) is 0.533. The number of anilines is 2. The van der Waals surface area contributed by atoms with Crippen molar-refractivity contribution in [1.82, 2.24) is 20.2 Å². The van der Waals surface area contributed by atoms with Crippen LogP contribution in [-0.4, -0.2) is 20.2 Å². The lowest BCUT2D eigenvalue weighted by Crippen LogP contribution is -2.12. The van der Waals surface area contributed by atoms with Gasteiger partial charge in [-0.15, -0.1) is 5.10 Å². The van der Waals surface area contributed by atoms with Crippen molar-refractivity contribution in [3.8, 4) is 11.4 Å². The molecule has 1 aromatic carbocycles. The first kappa shape index (κ1) is 13.9. The molecular weight excluding hydrogens is 264 g/mol. The SMILES string of the molecule is Nc1cc(N)cc(-c2nnnn2CCC2CCCCC2)c1. The van der Waals surface area contributed by atoms with Crippen molar-refractivity contribution in [2.75, 3.05) is 11.5 Å². The van der Waals surface area contributed by atoms with Gasteiger partial charge in [-0.25, -0.2) is 4.68 Å². The normalized spacial score (nSPS) is 16.2. The average molecular weight is 286 g/mol. The third kappa shape index (κ3) is 3.32. The Morgan fingerprint density at radius 1 is 1.05 bits per heavy atom. The molecule has 1 aromatic heterocycles. The second-order valence-corrected chi connectivity index (χ2v) is 5.91. The molecule has 0 radical (unpaired) electrons. The van der Waals surface area contributed by atoms with Crippen LogP contribution in [-0.2, 0) is 6.54 Å². The lowest BCUT2D eigenvalue weighted by Gasteiger charge is -2.21. The zero-order chi connectivity index (χ0) is 14.7. The molecule has 3 rings (SSSR count). The molecule has 4 N–H and O–H groups in total. The number of hydrogen-bond acceptors (Lipinski definition) is 5. The van der Waals surface area contributed by atoms with Crippen LogP contribution in [0.5, 0.6) is 0 Å². The zero-order valence-electron chi connectivity index (χ0n) is 12.2. The number of nitrogen functional groups attached to an aromatic ring is 2. The predicted octanol–water partition coefficient (Wildman–Crippen LogP) is 2.47. The van der Waals surface area contributed by atoms with E-state index in [9.17, 15) is 0 Å². The third-order valence-corrected chi connectivity index (χ3v) is 4.24. The number of aromatic nitrogens is 4. The minimum Gasteiger partial charge on any atom is -0.399 e. The molecule has 0 unspecified atom stereocenters. The number of nitrogens with two attached hydrogens (primary N) is 2. The van der Waals surface area contributed by atoms with Gasteiger partial charge in [0.15, 0.2) is 5.82 Å². The maximum atomic E-state index is 5.85. The van der Waals surface area contributed by atoms with Crippen molar-refractivity contribution >= 4 is 11.4 Å². The number of hydrogen-bond donors (Lipinski definition) is 2. The van der Waals surface area contributed by atoms with Crippen LogP contribution in [0.2, 0.25) is 0 Å². The van der Waals surface area contributed by atoms with Crippen LogP contribution in [0.15, 0.2) is 18.2 Å². The van der Waals surface area contributed by atoms with Crippen molar-refractivity contribution in [3.63, 3.8) is 0 Å². The van der Waals surface area contributed by atoms with E-state index in [1.807, 2.05) is 16.8 Å². The van der Waals surface area contributed by atoms with E-state index >= 15 is 0 Å². The summed E-state index contributed by atoms with van der Waals surface area (Å²) >= 11 is 0. The molecule has 0 aliphatic heterocycles. The summed E-state index contributed by atoms with van der Waals surface area (Å²) in [5.41, 5.74) is 13.8. The highest BCUT2D eigenvalue weighted by atomic mass is 15.5. The molecule has 0 atom stereocenters. The molecule has 21 heavy (non-hydrogen) atoms. The largest absolute Gasteiger partial charge is 0.399 e. The first-order chi connectivity index (χ1) is 10.2. The second kappa shape index (κ2) is 6.11. The number of benzene rings is 1. The van der Waals surface area contributed by atoms with Crippen LogP contribution in [0.25, 0.3) is 11.4 Å². The lowest BCUT2D eigenvalue weighted by molar-refractivity contribution is 0.318. The summed E-state index contributed by atoms with van der Waals surface area (Å²) in [6.45, 7) is 0.849. The molecule has 0 saturated heterocycles. The van der Waals surface area contributed by atoms with Gasteiger partial charge in [-0.3, -0.25) is 0 Å². The van der Waals surface area contributed by atoms with E-state index in [4.69, 9.17) is 11.5 Å². The summed E-state index contributed by atoms with van der Waals surface area (Å²) in [6, 6.07) is 5.46. The smallest absolute Gasteiger partial charge is 0.182 e. The van der Waals surface area contributed by atoms with E-state index in [1.165, 1.54) is 32.1 Å². The molecule has 112 valence electrons. The molecular formula is C15H22N6. The van der Waals surface area contributed by atoms with Crippen molar-refractivity contribution in [3.05, 3.63) is 18.2 Å². The minimum absolute atomic E-state index is 0.631. The fourth-order valence-electron chi connectivity index (χ4n) is 3.15. The molecule has 0 amide bonds. The van der Waals surface area contributed by atoms with E-state index < -0.39 is 0 Å². The van der Waals surface area contributed by atoms with Crippen LogP contribution >= 0.6 is 0 Å². The molecule has 1 saturated carbocycles. The molecule has 1 fully saturated rings. The summed E-state index contributed by atoms with van der Waals surface area (Å²) in [7, 11) is 0. The molecule has 1 aliphatic rings. The summed E-state index contributed by atoms with van der Waals surface area (Å²) in [5.74, 6) is 1.55. The molecule has 6 nitrogen and oxygen atoms in total. The van der Waals surface area contributed by atoms with Gasteiger partial charge in [0.1, 0.15) is 0 Å². The van der Waals surface area contributed by atoms with Crippen LogP contribution in [0, 0.1) is 5.92 Å². The van der Waals surface area contributed by atoms with Crippen molar-refractivity contribution in [2.45, 2.75) is 45.1 Å². The topological polar surface area (TPSA) is 95.6 Å². The summed E-state index contributed by atoms with van der Waals surface area (Å²) in [5, 5.41) is 12.0. The highest BCUT2D eigenvalue weighted by Crippen LogP contribution is 2.28. The second-order valence-electron chi connectivity index (χ2n) is 5.91. The van der Waals surface area contributed by atoms with E-state index in [-0.39, 0.29) is 0 Å². The summed E-state index contributed by atoms with van der Waals surface area (Å²) in [6.07, 6.45) is 7.91. The van der Waals surface area contributed by atoms with Gasteiger partial charge in [0.05, 0.1) is 0 Å². The van der Waals surface area contributed by atoms with E-state index in [0.29, 0.717) is 11.4 Å². The Morgan fingerprint density at radius 3 is 2.48 bits per heavy atom. The molecule has 2 aromatic rings. The monoisotopic (exact) mass is 286 g/mol. The Hall–Kier alpha value is -2.11. The predicted molar refractivity (Wildman–Crippen MR) is 83.3 cm³/mol. The maximum absolute atomic E-state index is 5.85. The van der Waals surface area contributed by atoms with Gasteiger partial charge in [0.25, 0.3) is 0 Å². The first-order valence-electron chi connectivity index (χ1n) is 7.65. The number of nitrogens with zero attached hydrogens (tertiary/aromatic N) is 4. The Bertz CT molecular complexity index is 580. The highest BCUT2D eigenvalue weighted by Gasteiger charge is 2.15. The summed E-state index contributed by atoms with van der Waals surface area (Å²) < 4.78 is 1.86. The highest BCUT2D eigenvalue weighted by molar-refractivity contribution is 5.67. The average Bonchev–Trinajstić information content (AvgIpc) is 2.93. The van der Waals surface area contributed by atoms with Crippen molar-refractivity contribution in [2.24, 2.45) is 5.92 Å². The summed E-state index contributed by atoms with van der Waals surface area (Å²) in [4.78, 5) is 0. The number of aryl methyl sites for hydroxylation is 1. The standard InChI is InChI=1S/C15H22N6/c16-13-8-12(9-14(17)10-13)15-18-19-20-21(15)7-6-11-4-2-1-3-5-11/h8-11H,1-7,16-17H2. The fourth-order valence-corrected chi connectivity index (χ4v) is 3.15. The first-order valence-corrected chi connectivity index (χ1v) is 7.65. The Labute approximate surface area is 124 Å². The quantitative estimate of drug-likeness (QED) is 0.842. The van der Waals surface area contributed by atoms with Gasteiger partial charge in [-0.05, 0) is 41.0 Å². The Morgan fingerprint density at radius 2 is 1.76 bits per heavy atom.